The summed E-state index contributed by atoms with van der Waals surface area (Å²) in [5, 5.41) is 3.43. The third-order valence-corrected chi connectivity index (χ3v) is 5.54. The van der Waals surface area contributed by atoms with Crippen molar-refractivity contribution in [3.8, 4) is 10.7 Å². The first-order chi connectivity index (χ1) is 12.9. The molecule has 0 aliphatic carbocycles. The van der Waals surface area contributed by atoms with Gasteiger partial charge in [-0.2, -0.15) is 18.2 Å². The van der Waals surface area contributed by atoms with Gasteiger partial charge in [-0.15, -0.1) is 11.3 Å². The number of thiophene rings is 1. The van der Waals surface area contributed by atoms with Crippen molar-refractivity contribution in [3.05, 3.63) is 58.3 Å². The van der Waals surface area contributed by atoms with Crippen LogP contribution in [0.5, 0.6) is 0 Å². The molecule has 1 amide bonds. The maximum atomic E-state index is 12.6. The van der Waals surface area contributed by atoms with Gasteiger partial charge in [0.25, 0.3) is 0 Å². The number of carbonyl (C=O) groups is 1. The molecule has 3 aromatic rings. The number of hydrogen-bond acceptors (Lipinski definition) is 5. The molecule has 27 heavy (non-hydrogen) atoms. The predicted octanol–water partition coefficient (Wildman–Crippen LogP) is 3.94. The number of hydrogen-bond donors (Lipinski definition) is 0. The van der Waals surface area contributed by atoms with Crippen LogP contribution >= 0.6 is 11.3 Å². The summed E-state index contributed by atoms with van der Waals surface area (Å²) in [6.07, 6.45) is -3.68. The summed E-state index contributed by atoms with van der Waals surface area (Å²) in [6, 6.07) is 11.2. The number of nitrogens with zero attached hydrogens (tertiary/aromatic N) is 3. The van der Waals surface area contributed by atoms with Crippen LogP contribution in [0.1, 0.15) is 21.9 Å². The third kappa shape index (κ3) is 3.73. The Morgan fingerprint density at radius 2 is 2.04 bits per heavy atom. The van der Waals surface area contributed by atoms with Gasteiger partial charge >= 0.3 is 12.1 Å². The zero-order valence-electron chi connectivity index (χ0n) is 14.0. The number of benzene rings is 1. The van der Waals surface area contributed by atoms with Crippen LogP contribution in [0.4, 0.5) is 13.2 Å². The highest BCUT2D eigenvalue weighted by Crippen LogP contribution is 2.35. The fourth-order valence-electron chi connectivity index (χ4n) is 2.98. The van der Waals surface area contributed by atoms with E-state index >= 15 is 0 Å². The van der Waals surface area contributed by atoms with Gasteiger partial charge in [0, 0.05) is 18.0 Å². The highest BCUT2D eigenvalue weighted by molar-refractivity contribution is 7.15. The SMILES string of the molecule is O=C(Cc1ccccc1)N1CCc2sc(-c3noc(C(F)(F)F)n3)cc2C1. The molecule has 140 valence electrons. The number of halogens is 3. The lowest BCUT2D eigenvalue weighted by atomic mass is 10.1. The van der Waals surface area contributed by atoms with Crippen LogP contribution in [0.2, 0.25) is 0 Å². The molecular formula is C18H14F3N3O2S. The van der Waals surface area contributed by atoms with Gasteiger partial charge in [-0.3, -0.25) is 4.79 Å². The van der Waals surface area contributed by atoms with Crippen molar-refractivity contribution in [1.82, 2.24) is 15.0 Å². The van der Waals surface area contributed by atoms with Crippen LogP contribution in [-0.2, 0) is 30.4 Å². The van der Waals surface area contributed by atoms with E-state index in [9.17, 15) is 18.0 Å². The fourth-order valence-corrected chi connectivity index (χ4v) is 4.07. The largest absolute Gasteiger partial charge is 0.471 e. The van der Waals surface area contributed by atoms with Crippen LogP contribution in [0.15, 0.2) is 40.9 Å². The number of rotatable bonds is 3. The molecule has 2 aromatic heterocycles. The average molecular weight is 393 g/mol. The average Bonchev–Trinajstić information content (AvgIpc) is 3.28. The Morgan fingerprint density at radius 3 is 2.74 bits per heavy atom. The molecule has 0 bridgehead atoms. The van der Waals surface area contributed by atoms with Gasteiger partial charge < -0.3 is 9.42 Å². The third-order valence-electron chi connectivity index (χ3n) is 4.31. The highest BCUT2D eigenvalue weighted by atomic mass is 32.1. The summed E-state index contributed by atoms with van der Waals surface area (Å²) in [5.74, 6) is -1.41. The fraction of sp³-hybridized carbons (Fsp3) is 0.278. The Kier molecular flexibility index (Phi) is 4.47. The zero-order chi connectivity index (χ0) is 19.0. The Bertz CT molecular complexity index is 966. The summed E-state index contributed by atoms with van der Waals surface area (Å²) in [7, 11) is 0. The Balaban J connectivity index is 1.49. The molecule has 0 unspecified atom stereocenters. The molecule has 4 rings (SSSR count). The van der Waals surface area contributed by atoms with Gasteiger partial charge in [-0.25, -0.2) is 0 Å². The van der Waals surface area contributed by atoms with Gasteiger partial charge in [-0.05, 0) is 23.6 Å². The number of carbonyl (C=O) groups excluding carboxylic acids is 1. The van der Waals surface area contributed by atoms with E-state index in [1.54, 1.807) is 11.0 Å². The molecule has 1 aliphatic rings. The normalized spacial score (nSPS) is 14.3. The molecule has 5 nitrogen and oxygen atoms in total. The molecule has 0 radical (unpaired) electrons. The number of alkyl halides is 3. The second-order valence-corrected chi connectivity index (χ2v) is 7.34. The van der Waals surface area contributed by atoms with Crippen molar-refractivity contribution < 1.29 is 22.5 Å². The molecule has 1 aromatic carbocycles. The van der Waals surface area contributed by atoms with Crippen LogP contribution in [-0.4, -0.2) is 27.5 Å². The maximum absolute atomic E-state index is 12.6. The maximum Gasteiger partial charge on any atom is 0.471 e. The second-order valence-electron chi connectivity index (χ2n) is 6.21. The molecule has 3 heterocycles. The van der Waals surface area contributed by atoms with Crippen LogP contribution in [0, 0.1) is 0 Å². The van der Waals surface area contributed by atoms with Crippen molar-refractivity contribution in [2.45, 2.75) is 25.6 Å². The van der Waals surface area contributed by atoms with Crippen molar-refractivity contribution in [3.63, 3.8) is 0 Å². The smallest absolute Gasteiger partial charge is 0.338 e. The van der Waals surface area contributed by atoms with E-state index in [4.69, 9.17) is 0 Å². The molecule has 0 atom stereocenters. The molecule has 0 N–H and O–H groups in total. The summed E-state index contributed by atoms with van der Waals surface area (Å²) in [6.45, 7) is 1.01. The molecular weight excluding hydrogens is 379 g/mol. The van der Waals surface area contributed by atoms with Gasteiger partial charge in [0.05, 0.1) is 11.3 Å². The molecule has 9 heteroatoms. The van der Waals surface area contributed by atoms with Crippen molar-refractivity contribution >= 4 is 17.2 Å². The van der Waals surface area contributed by atoms with Crippen LogP contribution in [0.3, 0.4) is 0 Å². The minimum absolute atomic E-state index is 0.0264. The Morgan fingerprint density at radius 1 is 1.26 bits per heavy atom. The van der Waals surface area contributed by atoms with Crippen LogP contribution < -0.4 is 0 Å². The molecule has 0 saturated carbocycles. The molecule has 0 saturated heterocycles. The second kappa shape index (κ2) is 6.80. The number of aromatic nitrogens is 2. The Hall–Kier alpha value is -2.68. The van der Waals surface area contributed by atoms with Crippen molar-refractivity contribution in [2.75, 3.05) is 6.54 Å². The van der Waals surface area contributed by atoms with Gasteiger partial charge in [0.15, 0.2) is 0 Å². The lowest BCUT2D eigenvalue weighted by Gasteiger charge is -2.27. The quantitative estimate of drug-likeness (QED) is 0.676. The van der Waals surface area contributed by atoms with Crippen molar-refractivity contribution in [1.29, 1.82) is 0 Å². The molecule has 0 fully saturated rings. The number of amides is 1. The predicted molar refractivity (Wildman–Crippen MR) is 91.9 cm³/mol. The standard InChI is InChI=1S/C18H14F3N3O2S/c19-18(20,21)17-22-16(23-26-17)14-9-12-10-24(7-6-13(12)27-14)15(25)8-11-4-2-1-3-5-11/h1-5,9H,6-8,10H2. The topological polar surface area (TPSA) is 59.2 Å². The van der Waals surface area contributed by atoms with Gasteiger partial charge in [0.2, 0.25) is 11.7 Å². The van der Waals surface area contributed by atoms with E-state index in [-0.39, 0.29) is 11.7 Å². The van der Waals surface area contributed by atoms with Crippen molar-refractivity contribution in [2.24, 2.45) is 0 Å². The minimum Gasteiger partial charge on any atom is -0.338 e. The lowest BCUT2D eigenvalue weighted by molar-refractivity contribution is -0.159. The van der Waals surface area contributed by atoms with E-state index in [0.717, 1.165) is 16.0 Å². The lowest BCUT2D eigenvalue weighted by Crippen LogP contribution is -2.36. The van der Waals surface area contributed by atoms with E-state index in [0.29, 0.717) is 30.8 Å². The summed E-state index contributed by atoms with van der Waals surface area (Å²) in [5.41, 5.74) is 1.87. The zero-order valence-corrected chi connectivity index (χ0v) is 14.8. The summed E-state index contributed by atoms with van der Waals surface area (Å²) >= 11 is 1.34. The van der Waals surface area contributed by atoms with Gasteiger partial charge in [0.1, 0.15) is 0 Å². The van der Waals surface area contributed by atoms with Gasteiger partial charge in [-0.1, -0.05) is 35.5 Å². The minimum atomic E-state index is -4.66. The van der Waals surface area contributed by atoms with E-state index in [2.05, 4.69) is 14.7 Å². The van der Waals surface area contributed by atoms with E-state index in [1.165, 1.54) is 11.3 Å². The monoisotopic (exact) mass is 393 g/mol. The summed E-state index contributed by atoms with van der Waals surface area (Å²) < 4.78 is 42.2. The highest BCUT2D eigenvalue weighted by Gasteiger charge is 2.38. The first-order valence-electron chi connectivity index (χ1n) is 8.25. The first-order valence-corrected chi connectivity index (χ1v) is 9.06. The van der Waals surface area contributed by atoms with E-state index < -0.39 is 12.1 Å². The van der Waals surface area contributed by atoms with Crippen LogP contribution in [0.25, 0.3) is 10.7 Å². The van der Waals surface area contributed by atoms with E-state index in [1.807, 2.05) is 30.3 Å². The summed E-state index contributed by atoms with van der Waals surface area (Å²) in [4.78, 5) is 19.3. The first kappa shape index (κ1) is 17.7. The molecule has 0 spiro atoms. The Labute approximate surface area is 156 Å². The molecule has 1 aliphatic heterocycles. The number of fused-ring (bicyclic) bond motifs is 1.